The van der Waals surface area contributed by atoms with Gasteiger partial charge in [0.05, 0.1) is 0 Å². The van der Waals surface area contributed by atoms with Gasteiger partial charge >= 0.3 is 0 Å². The van der Waals surface area contributed by atoms with Gasteiger partial charge in [-0.3, -0.25) is 0 Å². The first-order valence-electron chi connectivity index (χ1n) is 15.6. The fraction of sp³-hybridized carbons (Fsp3) is 1.00. The van der Waals surface area contributed by atoms with E-state index < -0.39 is 0 Å². The topological polar surface area (TPSA) is 15.3 Å². The molecular weight excluding hydrogens is 400 g/mol. The van der Waals surface area contributed by atoms with Crippen LogP contribution in [0, 0.1) is 17.3 Å². The number of unbranched alkanes of at least 4 members (excludes halogenated alkanes) is 8. The summed E-state index contributed by atoms with van der Waals surface area (Å²) in [6.07, 6.45) is 27.2. The minimum atomic E-state index is 0.705. The third-order valence-electron chi connectivity index (χ3n) is 9.08. The molecule has 1 heterocycles. The van der Waals surface area contributed by atoms with Crippen molar-refractivity contribution < 1.29 is 0 Å². The summed E-state index contributed by atoms with van der Waals surface area (Å²) >= 11 is 0. The number of nitrogens with one attached hydrogen (secondary N) is 1. The number of likely N-dealkylation sites (tertiary alicyclic amines) is 1. The molecule has 0 amide bonds. The minimum absolute atomic E-state index is 0.705. The SMILES string of the molecule is CCCCCCC(CCCCCC)CN1CC2(CCC(CNC(CC)CCCCC)CC2)C1. The van der Waals surface area contributed by atoms with E-state index in [0.29, 0.717) is 5.41 Å². The summed E-state index contributed by atoms with van der Waals surface area (Å²) in [5.41, 5.74) is 0.705. The van der Waals surface area contributed by atoms with E-state index in [1.54, 1.807) is 0 Å². The van der Waals surface area contributed by atoms with E-state index >= 15 is 0 Å². The normalized spacial score (nSPS) is 19.9. The van der Waals surface area contributed by atoms with Crippen LogP contribution in [-0.2, 0) is 0 Å². The van der Waals surface area contributed by atoms with E-state index in [-0.39, 0.29) is 0 Å². The quantitative estimate of drug-likeness (QED) is 0.182. The van der Waals surface area contributed by atoms with Gasteiger partial charge in [-0.05, 0) is 75.2 Å². The summed E-state index contributed by atoms with van der Waals surface area (Å²) in [6, 6.07) is 0.762. The van der Waals surface area contributed by atoms with Crippen molar-refractivity contribution >= 4 is 0 Å². The van der Waals surface area contributed by atoms with Gasteiger partial charge in [-0.15, -0.1) is 0 Å². The van der Waals surface area contributed by atoms with Crippen molar-refractivity contribution in [1.82, 2.24) is 10.2 Å². The summed E-state index contributed by atoms with van der Waals surface area (Å²) in [5.74, 6) is 1.91. The first kappa shape index (κ1) is 29.2. The lowest BCUT2D eigenvalue weighted by atomic mass is 9.65. The molecule has 1 aliphatic heterocycles. The molecule has 1 saturated carbocycles. The maximum atomic E-state index is 3.94. The highest BCUT2D eigenvalue weighted by molar-refractivity contribution is 4.98. The predicted octanol–water partition coefficient (Wildman–Crippen LogP) is 8.98. The van der Waals surface area contributed by atoms with Crippen LogP contribution in [0.25, 0.3) is 0 Å². The maximum Gasteiger partial charge on any atom is 0.00645 e. The molecule has 1 spiro atoms. The molecule has 1 atom stereocenters. The highest BCUT2D eigenvalue weighted by Gasteiger charge is 2.45. The van der Waals surface area contributed by atoms with Gasteiger partial charge in [-0.2, -0.15) is 0 Å². The number of rotatable bonds is 20. The van der Waals surface area contributed by atoms with Crippen LogP contribution in [0.1, 0.15) is 150 Å². The Hall–Kier alpha value is -0.0800. The largest absolute Gasteiger partial charge is 0.314 e. The Balaban J connectivity index is 1.64. The fourth-order valence-electron chi connectivity index (χ4n) is 6.68. The molecule has 1 unspecified atom stereocenters. The van der Waals surface area contributed by atoms with Gasteiger partial charge in [0.15, 0.2) is 0 Å². The first-order valence-corrected chi connectivity index (χ1v) is 15.6. The lowest BCUT2D eigenvalue weighted by Crippen LogP contribution is -2.58. The molecule has 0 radical (unpaired) electrons. The van der Waals surface area contributed by atoms with Crippen molar-refractivity contribution in [2.45, 2.75) is 156 Å². The smallest absolute Gasteiger partial charge is 0.00645 e. The molecular formula is C31H62N2. The summed E-state index contributed by atoms with van der Waals surface area (Å²) in [4.78, 5) is 2.85. The molecule has 0 aromatic carbocycles. The zero-order chi connectivity index (χ0) is 23.8. The Morgan fingerprint density at radius 2 is 1.27 bits per heavy atom. The van der Waals surface area contributed by atoms with Crippen LogP contribution >= 0.6 is 0 Å². The molecule has 2 nitrogen and oxygen atoms in total. The van der Waals surface area contributed by atoms with Crippen LogP contribution in [-0.4, -0.2) is 37.1 Å². The standard InChI is InChI=1S/C31H62N2/c1-5-9-12-15-17-29(18-16-13-10-6-2)25-33-26-31(27-33)22-20-28(21-23-31)24-32-30(8-4)19-14-11-7-3/h28-30,32H,5-27H2,1-4H3. The zero-order valence-corrected chi connectivity index (χ0v) is 23.4. The average molecular weight is 463 g/mol. The first-order chi connectivity index (χ1) is 16.1. The highest BCUT2D eigenvalue weighted by atomic mass is 15.2. The number of nitrogens with zero attached hydrogens (tertiary/aromatic N) is 1. The van der Waals surface area contributed by atoms with Gasteiger partial charge in [-0.25, -0.2) is 0 Å². The molecule has 1 saturated heterocycles. The number of hydrogen-bond donors (Lipinski definition) is 1. The van der Waals surface area contributed by atoms with Gasteiger partial charge in [0.25, 0.3) is 0 Å². The molecule has 196 valence electrons. The molecule has 2 fully saturated rings. The van der Waals surface area contributed by atoms with Gasteiger partial charge in [-0.1, -0.05) is 98.3 Å². The van der Waals surface area contributed by atoms with Gasteiger partial charge < -0.3 is 10.2 Å². The summed E-state index contributed by atoms with van der Waals surface area (Å²) in [6.45, 7) is 14.9. The molecule has 0 bridgehead atoms. The second kappa shape index (κ2) is 17.4. The van der Waals surface area contributed by atoms with E-state index in [4.69, 9.17) is 0 Å². The van der Waals surface area contributed by atoms with Crippen LogP contribution in [0.15, 0.2) is 0 Å². The van der Waals surface area contributed by atoms with Crippen LogP contribution in [0.4, 0.5) is 0 Å². The molecule has 1 aliphatic carbocycles. The molecule has 0 aromatic heterocycles. The molecule has 0 aromatic rings. The molecule has 33 heavy (non-hydrogen) atoms. The van der Waals surface area contributed by atoms with E-state index in [2.05, 4.69) is 37.9 Å². The van der Waals surface area contributed by atoms with Crippen molar-refractivity contribution in [3.63, 3.8) is 0 Å². The number of hydrogen-bond acceptors (Lipinski definition) is 2. The predicted molar refractivity (Wildman–Crippen MR) is 148 cm³/mol. The van der Waals surface area contributed by atoms with Crippen LogP contribution < -0.4 is 5.32 Å². The van der Waals surface area contributed by atoms with Gasteiger partial charge in [0.1, 0.15) is 0 Å². The fourth-order valence-corrected chi connectivity index (χ4v) is 6.68. The third kappa shape index (κ3) is 11.5. The zero-order valence-electron chi connectivity index (χ0n) is 23.4. The molecule has 2 heteroatoms. The maximum absolute atomic E-state index is 3.94. The Labute approximate surface area is 209 Å². The van der Waals surface area contributed by atoms with Crippen molar-refractivity contribution in [3.05, 3.63) is 0 Å². The van der Waals surface area contributed by atoms with E-state index in [1.165, 1.54) is 148 Å². The minimum Gasteiger partial charge on any atom is -0.314 e. The summed E-state index contributed by atoms with van der Waals surface area (Å²) < 4.78 is 0. The molecule has 2 rings (SSSR count). The monoisotopic (exact) mass is 462 g/mol. The Morgan fingerprint density at radius 1 is 0.727 bits per heavy atom. The van der Waals surface area contributed by atoms with Crippen LogP contribution in [0.5, 0.6) is 0 Å². The average Bonchev–Trinajstić information content (AvgIpc) is 2.81. The second-order valence-corrected chi connectivity index (χ2v) is 12.2. The summed E-state index contributed by atoms with van der Waals surface area (Å²) in [5, 5.41) is 3.94. The van der Waals surface area contributed by atoms with E-state index in [0.717, 1.165) is 17.9 Å². The van der Waals surface area contributed by atoms with Crippen molar-refractivity contribution in [1.29, 1.82) is 0 Å². The lowest BCUT2D eigenvalue weighted by molar-refractivity contribution is -0.0469. The second-order valence-electron chi connectivity index (χ2n) is 12.2. The van der Waals surface area contributed by atoms with Crippen LogP contribution in [0.3, 0.4) is 0 Å². The molecule has 2 aliphatic rings. The summed E-state index contributed by atoms with van der Waals surface area (Å²) in [7, 11) is 0. The van der Waals surface area contributed by atoms with E-state index in [9.17, 15) is 0 Å². The van der Waals surface area contributed by atoms with Gasteiger partial charge in [0.2, 0.25) is 0 Å². The highest BCUT2D eigenvalue weighted by Crippen LogP contribution is 2.46. The van der Waals surface area contributed by atoms with E-state index in [1.807, 2.05) is 0 Å². The van der Waals surface area contributed by atoms with Gasteiger partial charge in [0, 0.05) is 25.7 Å². The molecule has 1 N–H and O–H groups in total. The lowest BCUT2D eigenvalue weighted by Gasteiger charge is -2.54. The van der Waals surface area contributed by atoms with Crippen molar-refractivity contribution in [3.8, 4) is 0 Å². The Bertz CT molecular complexity index is 434. The Morgan fingerprint density at radius 3 is 1.82 bits per heavy atom. The van der Waals surface area contributed by atoms with Crippen molar-refractivity contribution in [2.24, 2.45) is 17.3 Å². The van der Waals surface area contributed by atoms with Crippen LogP contribution in [0.2, 0.25) is 0 Å². The Kier molecular flexibility index (Phi) is 15.3. The third-order valence-corrected chi connectivity index (χ3v) is 9.08. The van der Waals surface area contributed by atoms with Crippen molar-refractivity contribution in [2.75, 3.05) is 26.2 Å².